The lowest BCUT2D eigenvalue weighted by molar-refractivity contribution is -0.125. The number of carbonyl (C=O) groups excluding carboxylic acids is 1. The largest absolute Gasteiger partial charge is 0.494 e. The summed E-state index contributed by atoms with van der Waals surface area (Å²) in [6.45, 7) is 6.71. The molecule has 0 spiro atoms. The molecule has 2 heterocycles. The second kappa shape index (κ2) is 9.23. The van der Waals surface area contributed by atoms with Gasteiger partial charge in [0.2, 0.25) is 5.91 Å². The van der Waals surface area contributed by atoms with E-state index in [1.54, 1.807) is 29.4 Å². The van der Waals surface area contributed by atoms with Crippen LogP contribution in [0.15, 0.2) is 69.9 Å². The van der Waals surface area contributed by atoms with Crippen molar-refractivity contribution in [2.45, 2.75) is 18.6 Å². The lowest BCUT2D eigenvalue weighted by atomic mass is 10.1. The molecule has 27 heavy (non-hydrogen) atoms. The molecule has 2 aromatic rings. The quantitative estimate of drug-likeness (QED) is 0.396. The highest BCUT2D eigenvalue weighted by molar-refractivity contribution is 8.15. The molecule has 0 saturated carbocycles. The summed E-state index contributed by atoms with van der Waals surface area (Å²) in [5.41, 5.74) is 1.07. The van der Waals surface area contributed by atoms with Crippen LogP contribution in [0.2, 0.25) is 0 Å². The second-order valence-electron chi connectivity index (χ2n) is 5.77. The molecule has 0 N–H and O–H groups in total. The molecular formula is C20H21N3O3S. The number of amidine groups is 1. The van der Waals surface area contributed by atoms with Crippen molar-refractivity contribution in [1.29, 1.82) is 0 Å². The first kappa shape index (κ1) is 19.0. The normalized spacial score (nSPS) is 18.6. The summed E-state index contributed by atoms with van der Waals surface area (Å²) in [7, 11) is 0. The Balaban J connectivity index is 1.71. The lowest BCUT2D eigenvalue weighted by Crippen LogP contribution is -2.32. The maximum Gasteiger partial charge on any atom is 0.242 e. The van der Waals surface area contributed by atoms with Crippen molar-refractivity contribution >= 4 is 29.1 Å². The van der Waals surface area contributed by atoms with Crippen LogP contribution < -0.4 is 4.74 Å². The average molecular weight is 383 g/mol. The van der Waals surface area contributed by atoms with E-state index in [1.165, 1.54) is 18.0 Å². The fraction of sp³-hybridized carbons (Fsp3) is 0.250. The fourth-order valence-electron chi connectivity index (χ4n) is 2.62. The standard InChI is InChI=1S/C20H21N3O3S/c1-3-11-23-19(24)18(13-15-7-9-16(10-8-15)25-4-2)27-20(23)22-21-14-17-6-5-12-26-17/h3,5-10,12,14,18H,1,4,11,13H2,2H3. The second-order valence-corrected chi connectivity index (χ2v) is 6.94. The van der Waals surface area contributed by atoms with E-state index < -0.39 is 0 Å². The molecule has 0 aliphatic carbocycles. The third kappa shape index (κ3) is 4.89. The van der Waals surface area contributed by atoms with Crippen molar-refractivity contribution < 1.29 is 13.9 Å². The van der Waals surface area contributed by atoms with Crippen molar-refractivity contribution in [3.05, 3.63) is 66.6 Å². The molecular weight excluding hydrogens is 362 g/mol. The minimum Gasteiger partial charge on any atom is -0.494 e. The zero-order valence-electron chi connectivity index (χ0n) is 15.1. The first-order chi connectivity index (χ1) is 13.2. The SMILES string of the molecule is C=CCN1C(=O)C(Cc2ccc(OCC)cc2)SC1=NN=Cc1ccco1. The Bertz CT molecular complexity index is 829. The molecule has 0 radical (unpaired) electrons. The molecule has 1 aliphatic heterocycles. The van der Waals surface area contributed by atoms with Gasteiger partial charge in [0, 0.05) is 6.54 Å². The highest BCUT2D eigenvalue weighted by Crippen LogP contribution is 2.30. The molecule has 0 bridgehead atoms. The maximum absolute atomic E-state index is 12.8. The summed E-state index contributed by atoms with van der Waals surface area (Å²) < 4.78 is 10.6. The molecule has 1 aromatic heterocycles. The van der Waals surface area contributed by atoms with Gasteiger partial charge in [-0.05, 0) is 43.2 Å². The Morgan fingerprint density at radius 2 is 2.15 bits per heavy atom. The number of hydrogen-bond donors (Lipinski definition) is 0. The lowest BCUT2D eigenvalue weighted by Gasteiger charge is -2.13. The van der Waals surface area contributed by atoms with E-state index >= 15 is 0 Å². The van der Waals surface area contributed by atoms with E-state index in [0.29, 0.717) is 30.5 Å². The number of rotatable bonds is 8. The third-order valence-corrected chi connectivity index (χ3v) is 5.02. The van der Waals surface area contributed by atoms with E-state index in [0.717, 1.165) is 11.3 Å². The van der Waals surface area contributed by atoms with Crippen LogP contribution in [-0.2, 0) is 11.2 Å². The van der Waals surface area contributed by atoms with Gasteiger partial charge in [-0.2, -0.15) is 5.10 Å². The van der Waals surface area contributed by atoms with Gasteiger partial charge in [0.05, 0.1) is 24.3 Å². The molecule has 1 aliphatic rings. The number of thioether (sulfide) groups is 1. The molecule has 1 unspecified atom stereocenters. The third-order valence-electron chi connectivity index (χ3n) is 3.86. The number of carbonyl (C=O) groups is 1. The van der Waals surface area contributed by atoms with Crippen LogP contribution in [-0.4, -0.2) is 40.6 Å². The number of nitrogens with zero attached hydrogens (tertiary/aromatic N) is 3. The summed E-state index contributed by atoms with van der Waals surface area (Å²) in [4.78, 5) is 14.4. The Kier molecular flexibility index (Phi) is 6.49. The molecule has 1 fully saturated rings. The highest BCUT2D eigenvalue weighted by Gasteiger charge is 2.37. The topological polar surface area (TPSA) is 67.4 Å². The maximum atomic E-state index is 12.8. The first-order valence-electron chi connectivity index (χ1n) is 8.66. The molecule has 1 amide bonds. The molecule has 7 heteroatoms. The van der Waals surface area contributed by atoms with E-state index in [2.05, 4.69) is 16.8 Å². The van der Waals surface area contributed by atoms with Gasteiger partial charge in [-0.25, -0.2) is 0 Å². The van der Waals surface area contributed by atoms with Crippen LogP contribution in [0.1, 0.15) is 18.2 Å². The van der Waals surface area contributed by atoms with E-state index in [-0.39, 0.29) is 11.2 Å². The fourth-order valence-corrected chi connectivity index (χ4v) is 3.76. The minimum absolute atomic E-state index is 0.0146. The number of furan rings is 1. The van der Waals surface area contributed by atoms with Crippen molar-refractivity contribution in [2.75, 3.05) is 13.2 Å². The molecule has 1 atom stereocenters. The van der Waals surface area contributed by atoms with Crippen molar-refractivity contribution in [1.82, 2.24) is 4.90 Å². The monoisotopic (exact) mass is 383 g/mol. The highest BCUT2D eigenvalue weighted by atomic mass is 32.2. The van der Waals surface area contributed by atoms with Crippen LogP contribution in [0.4, 0.5) is 0 Å². The Labute approximate surface area is 162 Å². The van der Waals surface area contributed by atoms with Crippen LogP contribution in [0.25, 0.3) is 0 Å². The number of hydrogen-bond acceptors (Lipinski definition) is 6. The first-order valence-corrected chi connectivity index (χ1v) is 9.54. The smallest absolute Gasteiger partial charge is 0.242 e. The van der Waals surface area contributed by atoms with Gasteiger partial charge in [0.15, 0.2) is 5.17 Å². The number of benzene rings is 1. The van der Waals surface area contributed by atoms with E-state index in [9.17, 15) is 4.79 Å². The predicted molar refractivity (Wildman–Crippen MR) is 108 cm³/mol. The molecule has 6 nitrogen and oxygen atoms in total. The zero-order valence-corrected chi connectivity index (χ0v) is 15.9. The van der Waals surface area contributed by atoms with Gasteiger partial charge in [0.25, 0.3) is 0 Å². The molecule has 140 valence electrons. The summed E-state index contributed by atoms with van der Waals surface area (Å²) in [6, 6.07) is 11.4. The number of ether oxygens (including phenoxy) is 1. The summed E-state index contributed by atoms with van der Waals surface area (Å²) in [5, 5.41) is 8.58. The summed E-state index contributed by atoms with van der Waals surface area (Å²) in [6.07, 6.45) is 5.39. The van der Waals surface area contributed by atoms with Gasteiger partial charge < -0.3 is 9.15 Å². The van der Waals surface area contributed by atoms with Crippen molar-refractivity contribution in [3.63, 3.8) is 0 Å². The van der Waals surface area contributed by atoms with Gasteiger partial charge in [-0.15, -0.1) is 11.7 Å². The summed E-state index contributed by atoms with van der Waals surface area (Å²) in [5.74, 6) is 1.45. The van der Waals surface area contributed by atoms with E-state index in [1.807, 2.05) is 31.2 Å². The van der Waals surface area contributed by atoms with Crippen molar-refractivity contribution in [2.24, 2.45) is 10.2 Å². The van der Waals surface area contributed by atoms with Gasteiger partial charge in [-0.1, -0.05) is 30.0 Å². The number of amides is 1. The molecule has 1 aromatic carbocycles. The van der Waals surface area contributed by atoms with Gasteiger partial charge in [0.1, 0.15) is 11.5 Å². The molecule has 3 rings (SSSR count). The van der Waals surface area contributed by atoms with Crippen LogP contribution in [0.5, 0.6) is 5.75 Å². The van der Waals surface area contributed by atoms with Gasteiger partial charge in [-0.3, -0.25) is 9.69 Å². The van der Waals surface area contributed by atoms with Crippen LogP contribution in [0, 0.1) is 0 Å². The Hall–Kier alpha value is -2.80. The predicted octanol–water partition coefficient (Wildman–Crippen LogP) is 3.74. The van der Waals surface area contributed by atoms with E-state index in [4.69, 9.17) is 9.15 Å². The molecule has 1 saturated heterocycles. The minimum atomic E-state index is -0.236. The van der Waals surface area contributed by atoms with Crippen LogP contribution >= 0.6 is 11.8 Å². The Morgan fingerprint density at radius 1 is 1.33 bits per heavy atom. The van der Waals surface area contributed by atoms with Crippen LogP contribution in [0.3, 0.4) is 0 Å². The summed E-state index contributed by atoms with van der Waals surface area (Å²) >= 11 is 1.42. The van der Waals surface area contributed by atoms with Crippen molar-refractivity contribution in [3.8, 4) is 5.75 Å². The Morgan fingerprint density at radius 3 is 2.81 bits per heavy atom. The average Bonchev–Trinajstić information content (AvgIpc) is 3.28. The zero-order chi connectivity index (χ0) is 19.1. The van der Waals surface area contributed by atoms with Gasteiger partial charge >= 0.3 is 0 Å².